The van der Waals surface area contributed by atoms with Crippen LogP contribution in [-0.4, -0.2) is 36.7 Å². The van der Waals surface area contributed by atoms with Gasteiger partial charge in [0.15, 0.2) is 0 Å². The van der Waals surface area contributed by atoms with Crippen molar-refractivity contribution in [3.8, 4) is 11.5 Å². The number of nitrogens with zero attached hydrogens (tertiary/aromatic N) is 1. The fourth-order valence-corrected chi connectivity index (χ4v) is 2.18. The molecule has 23 heavy (non-hydrogen) atoms. The molecule has 0 bridgehead atoms. The molecule has 0 aliphatic rings. The van der Waals surface area contributed by atoms with E-state index >= 15 is 0 Å². The minimum absolute atomic E-state index is 0. The van der Waals surface area contributed by atoms with Crippen molar-refractivity contribution in [1.29, 1.82) is 0 Å². The Morgan fingerprint density at radius 3 is 2.13 bits per heavy atom. The zero-order valence-corrected chi connectivity index (χ0v) is 15.0. The summed E-state index contributed by atoms with van der Waals surface area (Å²) >= 11 is 0. The molecule has 0 aliphatic heterocycles. The summed E-state index contributed by atoms with van der Waals surface area (Å²) in [5.41, 5.74) is 5.01. The first-order valence-corrected chi connectivity index (χ1v) is 7.40. The van der Waals surface area contributed by atoms with Crippen LogP contribution in [0.1, 0.15) is 22.3 Å². The Morgan fingerprint density at radius 1 is 0.913 bits per heavy atom. The first kappa shape index (κ1) is 21.1. The van der Waals surface area contributed by atoms with Crippen molar-refractivity contribution in [3.63, 3.8) is 0 Å². The molecule has 4 heteroatoms. The molecule has 0 atom stereocenters. The molecule has 0 aliphatic carbocycles. The van der Waals surface area contributed by atoms with Gasteiger partial charge in [0.2, 0.25) is 0 Å². The molecular formula is C19H29NO3. The van der Waals surface area contributed by atoms with Crippen LogP contribution in [0.3, 0.4) is 0 Å². The van der Waals surface area contributed by atoms with E-state index in [1.54, 1.807) is 0 Å². The highest BCUT2D eigenvalue weighted by Crippen LogP contribution is 2.28. The van der Waals surface area contributed by atoms with Crippen molar-refractivity contribution in [2.24, 2.45) is 0 Å². The molecule has 0 unspecified atom stereocenters. The normalized spacial score (nSPS) is 9.74. The highest BCUT2D eigenvalue weighted by Gasteiger charge is 2.07. The number of aliphatic hydroxyl groups is 1. The van der Waals surface area contributed by atoms with E-state index in [-0.39, 0.29) is 5.48 Å². The van der Waals surface area contributed by atoms with Crippen LogP contribution in [0.25, 0.3) is 0 Å². The van der Waals surface area contributed by atoms with Crippen LogP contribution in [0, 0.1) is 20.8 Å². The Balaban J connectivity index is 0.00000155. The van der Waals surface area contributed by atoms with Gasteiger partial charge in [-0.3, -0.25) is 0 Å². The Labute approximate surface area is 139 Å². The lowest BCUT2D eigenvalue weighted by Gasteiger charge is -2.16. The van der Waals surface area contributed by atoms with Gasteiger partial charge in [-0.2, -0.15) is 0 Å². The average molecular weight is 319 g/mol. The van der Waals surface area contributed by atoms with E-state index in [2.05, 4.69) is 70.1 Å². The van der Waals surface area contributed by atoms with Crippen LogP contribution < -0.4 is 4.74 Å². The number of hydrogen-bond donors (Lipinski definition) is 1. The largest absolute Gasteiger partial charge is 0.457 e. The summed E-state index contributed by atoms with van der Waals surface area (Å²) in [4.78, 5) is 2.15. The van der Waals surface area contributed by atoms with Crippen molar-refractivity contribution in [1.82, 2.24) is 4.90 Å². The number of aliphatic hydroxyl groups excluding tert-OH is 1. The minimum atomic E-state index is 0. The van der Waals surface area contributed by atoms with Crippen LogP contribution in [0.4, 0.5) is 0 Å². The van der Waals surface area contributed by atoms with Gasteiger partial charge in [0.1, 0.15) is 11.5 Å². The van der Waals surface area contributed by atoms with E-state index in [4.69, 9.17) is 9.84 Å². The summed E-state index contributed by atoms with van der Waals surface area (Å²) in [5.74, 6) is 1.84. The molecule has 0 aromatic heterocycles. The highest BCUT2D eigenvalue weighted by atomic mass is 16.5. The second kappa shape index (κ2) is 10.0. The third-order valence-corrected chi connectivity index (χ3v) is 3.41. The number of rotatable bonds is 4. The lowest BCUT2D eigenvalue weighted by Crippen LogP contribution is -2.11. The summed E-state index contributed by atoms with van der Waals surface area (Å²) in [7, 11) is 5.14. The first-order valence-electron chi connectivity index (χ1n) is 7.40. The van der Waals surface area contributed by atoms with E-state index < -0.39 is 0 Å². The SMILES string of the molecule is CO.Cc1ccc(Oc2ccc(C)c(C)c2)c(CN(C)C)c1.O. The summed E-state index contributed by atoms with van der Waals surface area (Å²) in [6.07, 6.45) is 0. The van der Waals surface area contributed by atoms with Crippen LogP contribution in [0.15, 0.2) is 36.4 Å². The van der Waals surface area contributed by atoms with Crippen LogP contribution in [0.5, 0.6) is 11.5 Å². The van der Waals surface area contributed by atoms with E-state index in [0.29, 0.717) is 0 Å². The maximum absolute atomic E-state index is 7.00. The molecule has 2 aromatic rings. The van der Waals surface area contributed by atoms with Gasteiger partial charge in [-0.05, 0) is 64.2 Å². The van der Waals surface area contributed by atoms with E-state index in [0.717, 1.165) is 25.2 Å². The summed E-state index contributed by atoms with van der Waals surface area (Å²) in [6.45, 7) is 7.21. The molecule has 0 saturated heterocycles. The average Bonchev–Trinajstić information content (AvgIpc) is 2.47. The molecule has 128 valence electrons. The lowest BCUT2D eigenvalue weighted by atomic mass is 10.1. The van der Waals surface area contributed by atoms with Gasteiger partial charge in [-0.15, -0.1) is 0 Å². The predicted molar refractivity (Wildman–Crippen MR) is 96.3 cm³/mol. The molecular weight excluding hydrogens is 290 g/mol. The second-order valence-corrected chi connectivity index (χ2v) is 5.70. The Kier molecular flexibility index (Phi) is 9.18. The smallest absolute Gasteiger partial charge is 0.131 e. The van der Waals surface area contributed by atoms with Crippen LogP contribution >= 0.6 is 0 Å². The van der Waals surface area contributed by atoms with Gasteiger partial charge < -0.3 is 20.2 Å². The van der Waals surface area contributed by atoms with Gasteiger partial charge in [-0.25, -0.2) is 0 Å². The van der Waals surface area contributed by atoms with Gasteiger partial charge in [0.05, 0.1) is 0 Å². The molecule has 0 heterocycles. The fraction of sp³-hybridized carbons (Fsp3) is 0.368. The molecule has 4 nitrogen and oxygen atoms in total. The van der Waals surface area contributed by atoms with Crippen molar-refractivity contribution in [3.05, 3.63) is 58.7 Å². The summed E-state index contributed by atoms with van der Waals surface area (Å²) in [6, 6.07) is 12.6. The number of ether oxygens (including phenoxy) is 1. The molecule has 0 amide bonds. The number of aryl methyl sites for hydroxylation is 3. The van der Waals surface area contributed by atoms with Gasteiger partial charge >= 0.3 is 0 Å². The van der Waals surface area contributed by atoms with Crippen molar-refractivity contribution >= 4 is 0 Å². The molecule has 2 aromatic carbocycles. The lowest BCUT2D eigenvalue weighted by molar-refractivity contribution is 0.388. The fourth-order valence-electron chi connectivity index (χ4n) is 2.18. The van der Waals surface area contributed by atoms with Crippen molar-refractivity contribution < 1.29 is 15.3 Å². The number of benzene rings is 2. The highest BCUT2D eigenvalue weighted by molar-refractivity contribution is 5.42. The zero-order valence-electron chi connectivity index (χ0n) is 15.0. The predicted octanol–water partition coefficient (Wildman–Crippen LogP) is 3.25. The van der Waals surface area contributed by atoms with Crippen molar-refractivity contribution in [2.45, 2.75) is 27.3 Å². The maximum atomic E-state index is 7.00. The van der Waals surface area contributed by atoms with Crippen LogP contribution in [0.2, 0.25) is 0 Å². The zero-order chi connectivity index (χ0) is 16.7. The Hall–Kier alpha value is -1.88. The molecule has 0 saturated carbocycles. The molecule has 0 radical (unpaired) electrons. The maximum Gasteiger partial charge on any atom is 0.131 e. The third-order valence-electron chi connectivity index (χ3n) is 3.41. The van der Waals surface area contributed by atoms with Crippen LogP contribution in [-0.2, 0) is 6.54 Å². The first-order chi connectivity index (χ1) is 10.5. The molecule has 0 fully saturated rings. The summed E-state index contributed by atoms with van der Waals surface area (Å²) < 4.78 is 6.07. The molecule has 2 rings (SSSR count). The third kappa shape index (κ3) is 6.40. The van der Waals surface area contributed by atoms with Gasteiger partial charge in [0.25, 0.3) is 0 Å². The summed E-state index contributed by atoms with van der Waals surface area (Å²) in [5, 5.41) is 7.00. The van der Waals surface area contributed by atoms with Gasteiger partial charge in [-0.1, -0.05) is 23.8 Å². The molecule has 0 spiro atoms. The standard InChI is InChI=1S/C18H23NO.CH4O.H2O/c1-13-6-9-18(16(10-13)12-19(4)5)20-17-8-7-14(2)15(3)11-17;1-2;/h6-11H,12H2,1-5H3;2H,1H3;1H2. The van der Waals surface area contributed by atoms with Crippen molar-refractivity contribution in [2.75, 3.05) is 21.2 Å². The van der Waals surface area contributed by atoms with E-state index in [1.807, 2.05) is 6.07 Å². The monoisotopic (exact) mass is 319 g/mol. The molecule has 3 N–H and O–H groups in total. The van der Waals surface area contributed by atoms with Gasteiger partial charge in [0, 0.05) is 19.2 Å². The Bertz CT molecular complexity index is 610. The topological polar surface area (TPSA) is 64.2 Å². The second-order valence-electron chi connectivity index (χ2n) is 5.70. The number of hydrogen-bond acceptors (Lipinski definition) is 3. The quantitative estimate of drug-likeness (QED) is 0.941. The minimum Gasteiger partial charge on any atom is -0.457 e. The van der Waals surface area contributed by atoms with E-state index in [1.165, 1.54) is 22.3 Å². The Morgan fingerprint density at radius 2 is 1.57 bits per heavy atom. The van der Waals surface area contributed by atoms with E-state index in [9.17, 15) is 0 Å².